The van der Waals surface area contributed by atoms with Crippen LogP contribution in [-0.2, 0) is 0 Å². The van der Waals surface area contributed by atoms with Crippen molar-refractivity contribution in [2.45, 2.75) is 31.9 Å². The van der Waals surface area contributed by atoms with E-state index in [4.69, 9.17) is 0 Å². The highest BCUT2D eigenvalue weighted by atomic mass is 19.1. The molecule has 31 heavy (non-hydrogen) atoms. The van der Waals surface area contributed by atoms with E-state index in [2.05, 4.69) is 0 Å². The first kappa shape index (κ1) is 21.1. The van der Waals surface area contributed by atoms with Crippen molar-refractivity contribution < 1.29 is 17.6 Å². The Morgan fingerprint density at radius 2 is 1.42 bits per heavy atom. The largest absolute Gasteiger partial charge is 0.242 e. The van der Waals surface area contributed by atoms with Crippen LogP contribution in [0.3, 0.4) is 0 Å². The molecule has 4 heteroatoms. The van der Waals surface area contributed by atoms with Gasteiger partial charge in [-0.25, -0.2) is 17.6 Å². The van der Waals surface area contributed by atoms with Gasteiger partial charge in [-0.15, -0.1) is 0 Å². The van der Waals surface area contributed by atoms with Gasteiger partial charge in [0, 0.05) is 5.92 Å². The van der Waals surface area contributed by atoms with Gasteiger partial charge in [-0.3, -0.25) is 0 Å². The second-order valence-electron chi connectivity index (χ2n) is 7.77. The monoisotopic (exact) mass is 422 g/mol. The second-order valence-corrected chi connectivity index (χ2v) is 7.77. The van der Waals surface area contributed by atoms with Crippen LogP contribution < -0.4 is 0 Å². The normalized spacial score (nSPS) is 13.3. The van der Waals surface area contributed by atoms with E-state index in [1.165, 1.54) is 30.3 Å². The summed E-state index contributed by atoms with van der Waals surface area (Å²) in [6, 6.07) is 20.5. The van der Waals surface area contributed by atoms with Crippen molar-refractivity contribution in [1.82, 2.24) is 0 Å². The summed E-state index contributed by atoms with van der Waals surface area (Å²) in [5.41, 5.74) is 0.546. The maximum atomic E-state index is 15.6. The van der Waals surface area contributed by atoms with Gasteiger partial charge in [0.25, 0.3) is 0 Å². The summed E-state index contributed by atoms with van der Waals surface area (Å²) in [6.07, 6.45) is -0.317. The molecule has 0 aromatic heterocycles. The van der Waals surface area contributed by atoms with Crippen molar-refractivity contribution in [2.75, 3.05) is 0 Å². The van der Waals surface area contributed by atoms with Gasteiger partial charge in [0.05, 0.1) is 5.56 Å². The first-order valence-corrected chi connectivity index (χ1v) is 10.4. The van der Waals surface area contributed by atoms with E-state index in [0.29, 0.717) is 18.4 Å². The van der Waals surface area contributed by atoms with Gasteiger partial charge < -0.3 is 0 Å². The lowest BCUT2D eigenvalue weighted by Crippen LogP contribution is -2.09. The molecule has 4 aromatic rings. The molecular weight excluding hydrogens is 400 g/mol. The summed E-state index contributed by atoms with van der Waals surface area (Å²) >= 11 is 0. The number of fused-ring (bicyclic) bond motifs is 1. The van der Waals surface area contributed by atoms with Crippen LogP contribution >= 0.6 is 0 Å². The molecule has 0 saturated carbocycles. The lowest BCUT2D eigenvalue weighted by molar-refractivity contribution is 0.275. The van der Waals surface area contributed by atoms with Crippen molar-refractivity contribution in [1.29, 1.82) is 0 Å². The Hall–Kier alpha value is -3.14. The fraction of sp³-hybridized carbons (Fsp3) is 0.185. The van der Waals surface area contributed by atoms with Crippen molar-refractivity contribution in [3.63, 3.8) is 0 Å². The molecule has 0 aliphatic heterocycles. The summed E-state index contributed by atoms with van der Waals surface area (Å²) in [7, 11) is 0. The summed E-state index contributed by atoms with van der Waals surface area (Å²) < 4.78 is 59.0. The third kappa shape index (κ3) is 4.34. The first-order chi connectivity index (χ1) is 15.0. The van der Waals surface area contributed by atoms with Crippen molar-refractivity contribution in [3.05, 3.63) is 107 Å². The highest BCUT2D eigenvalue weighted by Gasteiger charge is 2.26. The van der Waals surface area contributed by atoms with Gasteiger partial charge >= 0.3 is 0 Å². The van der Waals surface area contributed by atoms with Gasteiger partial charge in [0.15, 0.2) is 0 Å². The molecule has 4 aromatic carbocycles. The second kappa shape index (κ2) is 8.93. The third-order valence-electron chi connectivity index (χ3n) is 5.65. The first-order valence-electron chi connectivity index (χ1n) is 10.4. The fourth-order valence-electron chi connectivity index (χ4n) is 4.13. The van der Waals surface area contributed by atoms with Crippen LogP contribution in [0.1, 0.15) is 43.0 Å². The van der Waals surface area contributed by atoms with Gasteiger partial charge in [-0.05, 0) is 64.2 Å². The predicted octanol–water partition coefficient (Wildman–Crippen LogP) is 8.52. The standard InChI is InChI=1S/C27H22F4/c1-2-6-23(27(31)20-12-11-17-7-3-4-8-18(17)13-20)21-15-24(29)26(25(30)16-21)19-9-5-10-22(28)14-19/h3-5,7-16,23,27H,2,6H2,1H3. The summed E-state index contributed by atoms with van der Waals surface area (Å²) in [6.45, 7) is 1.91. The molecule has 0 aliphatic carbocycles. The molecule has 0 fully saturated rings. The van der Waals surface area contributed by atoms with E-state index in [9.17, 15) is 13.2 Å². The number of hydrogen-bond donors (Lipinski definition) is 0. The Kier molecular flexibility index (Phi) is 6.08. The number of alkyl halides is 1. The van der Waals surface area contributed by atoms with Crippen molar-refractivity contribution in [2.24, 2.45) is 0 Å². The van der Waals surface area contributed by atoms with Crippen LogP contribution in [-0.4, -0.2) is 0 Å². The summed E-state index contributed by atoms with van der Waals surface area (Å²) in [4.78, 5) is 0. The third-order valence-corrected chi connectivity index (χ3v) is 5.65. The molecule has 2 unspecified atom stereocenters. The van der Waals surface area contributed by atoms with E-state index in [-0.39, 0.29) is 16.7 Å². The molecule has 0 N–H and O–H groups in total. The van der Waals surface area contributed by atoms with Gasteiger partial charge in [-0.1, -0.05) is 61.9 Å². The topological polar surface area (TPSA) is 0 Å². The van der Waals surface area contributed by atoms with Crippen molar-refractivity contribution in [3.8, 4) is 11.1 Å². The molecule has 4 rings (SSSR count). The molecular formula is C27H22F4. The summed E-state index contributed by atoms with van der Waals surface area (Å²) in [5.74, 6) is -2.93. The van der Waals surface area contributed by atoms with E-state index in [0.717, 1.165) is 16.8 Å². The molecule has 0 nitrogen and oxygen atoms in total. The number of halogens is 4. The molecule has 158 valence electrons. The Balaban J connectivity index is 1.73. The van der Waals surface area contributed by atoms with E-state index < -0.39 is 29.5 Å². The van der Waals surface area contributed by atoms with Crippen LogP contribution in [0.2, 0.25) is 0 Å². The zero-order valence-corrected chi connectivity index (χ0v) is 17.1. The highest BCUT2D eigenvalue weighted by molar-refractivity contribution is 5.83. The zero-order valence-electron chi connectivity index (χ0n) is 17.1. The van der Waals surface area contributed by atoms with Crippen LogP contribution in [0.4, 0.5) is 17.6 Å². The van der Waals surface area contributed by atoms with Crippen LogP contribution in [0.25, 0.3) is 21.9 Å². The SMILES string of the molecule is CCCC(c1cc(F)c(-c2cccc(F)c2)c(F)c1)C(F)c1ccc2ccccc2c1. The average Bonchev–Trinajstić information content (AvgIpc) is 2.76. The van der Waals surface area contributed by atoms with Crippen molar-refractivity contribution >= 4 is 10.8 Å². The maximum Gasteiger partial charge on any atom is 0.134 e. The Morgan fingerprint density at radius 3 is 2.10 bits per heavy atom. The fourth-order valence-corrected chi connectivity index (χ4v) is 4.13. The minimum atomic E-state index is -1.41. The molecule has 0 bridgehead atoms. The molecule has 0 radical (unpaired) electrons. The van der Waals surface area contributed by atoms with E-state index >= 15 is 4.39 Å². The minimum absolute atomic E-state index is 0.111. The van der Waals surface area contributed by atoms with Crippen LogP contribution in [0.15, 0.2) is 78.9 Å². The Labute approximate surface area is 179 Å². The van der Waals surface area contributed by atoms with E-state index in [1.54, 1.807) is 12.1 Å². The van der Waals surface area contributed by atoms with Crippen LogP contribution in [0, 0.1) is 17.5 Å². The van der Waals surface area contributed by atoms with E-state index in [1.807, 2.05) is 37.3 Å². The smallest absolute Gasteiger partial charge is 0.134 e. The highest BCUT2D eigenvalue weighted by Crippen LogP contribution is 2.40. The lowest BCUT2D eigenvalue weighted by atomic mass is 9.85. The molecule has 0 amide bonds. The molecule has 0 saturated heterocycles. The maximum absolute atomic E-state index is 15.6. The van der Waals surface area contributed by atoms with Gasteiger partial charge in [-0.2, -0.15) is 0 Å². The quantitative estimate of drug-likeness (QED) is 0.273. The van der Waals surface area contributed by atoms with Gasteiger partial charge in [0.2, 0.25) is 0 Å². The Bertz CT molecular complexity index is 1190. The molecule has 0 heterocycles. The molecule has 0 spiro atoms. The number of benzene rings is 4. The number of hydrogen-bond acceptors (Lipinski definition) is 0. The zero-order chi connectivity index (χ0) is 22.0. The Morgan fingerprint density at radius 1 is 0.710 bits per heavy atom. The minimum Gasteiger partial charge on any atom is -0.242 e. The average molecular weight is 422 g/mol. The molecule has 0 aliphatic rings. The molecule has 2 atom stereocenters. The van der Waals surface area contributed by atoms with Gasteiger partial charge in [0.1, 0.15) is 23.6 Å². The lowest BCUT2D eigenvalue weighted by Gasteiger charge is -2.23. The van der Waals surface area contributed by atoms with Crippen LogP contribution in [0.5, 0.6) is 0 Å². The summed E-state index contributed by atoms with van der Waals surface area (Å²) in [5, 5.41) is 1.92. The predicted molar refractivity (Wildman–Crippen MR) is 117 cm³/mol. The number of rotatable bonds is 6.